The van der Waals surface area contributed by atoms with Gasteiger partial charge in [0.25, 0.3) is 0 Å². The second kappa shape index (κ2) is 12.0. The molecule has 4 atom stereocenters. The van der Waals surface area contributed by atoms with E-state index >= 15 is 0 Å². The normalized spacial score (nSPS) is 23.1. The minimum Gasteiger partial charge on any atom is -0.320 e. The maximum atomic E-state index is 5.34. The van der Waals surface area contributed by atoms with Gasteiger partial charge < -0.3 is 4.90 Å². The molecule has 2 heterocycles. The van der Waals surface area contributed by atoms with Crippen LogP contribution >= 0.6 is 0 Å². The second-order valence-corrected chi connectivity index (χ2v) is 14.5. The highest BCUT2D eigenvalue weighted by molar-refractivity contribution is 6.17. The monoisotopic (exact) mass is 656 g/mol. The van der Waals surface area contributed by atoms with Crippen molar-refractivity contribution in [3.63, 3.8) is 0 Å². The van der Waals surface area contributed by atoms with Crippen molar-refractivity contribution < 1.29 is 0 Å². The lowest BCUT2D eigenvalue weighted by Gasteiger charge is -2.41. The van der Waals surface area contributed by atoms with Crippen LogP contribution in [0.2, 0.25) is 0 Å². The zero-order valence-corrected chi connectivity index (χ0v) is 29.1. The van der Waals surface area contributed by atoms with Gasteiger partial charge in [0.1, 0.15) is 5.84 Å². The number of amidine groups is 1. The number of nitrogens with zero attached hydrogens (tertiary/aromatic N) is 2. The van der Waals surface area contributed by atoms with Gasteiger partial charge in [-0.1, -0.05) is 140 Å². The number of hydrogen-bond acceptors (Lipinski definition) is 2. The molecule has 2 heteroatoms. The van der Waals surface area contributed by atoms with Crippen LogP contribution in [0.15, 0.2) is 168 Å². The lowest BCUT2D eigenvalue weighted by molar-refractivity contribution is 0.405. The molecule has 0 radical (unpaired) electrons. The average Bonchev–Trinajstić information content (AvgIpc) is 3.58. The lowest BCUT2D eigenvalue weighted by atomic mass is 9.75. The van der Waals surface area contributed by atoms with E-state index in [2.05, 4.69) is 177 Å². The van der Waals surface area contributed by atoms with Crippen LogP contribution in [0.3, 0.4) is 0 Å². The van der Waals surface area contributed by atoms with Gasteiger partial charge in [0.2, 0.25) is 0 Å². The summed E-state index contributed by atoms with van der Waals surface area (Å²) in [5.41, 5.74) is 13.2. The van der Waals surface area contributed by atoms with Crippen LogP contribution in [0, 0.1) is 11.8 Å². The van der Waals surface area contributed by atoms with Crippen LogP contribution in [0.25, 0.3) is 55.4 Å². The van der Waals surface area contributed by atoms with Crippen LogP contribution < -0.4 is 0 Å². The molecule has 0 fully saturated rings. The molecule has 0 amide bonds. The third-order valence-electron chi connectivity index (χ3n) is 11.6. The molecule has 5 aromatic carbocycles. The van der Waals surface area contributed by atoms with Crippen molar-refractivity contribution in [2.75, 3.05) is 0 Å². The quantitative estimate of drug-likeness (QED) is 0.176. The molecule has 0 saturated carbocycles. The van der Waals surface area contributed by atoms with Crippen molar-refractivity contribution in [3.05, 3.63) is 180 Å². The maximum absolute atomic E-state index is 5.34. The van der Waals surface area contributed by atoms with Crippen LogP contribution in [0.5, 0.6) is 0 Å². The number of benzene rings is 5. The first kappa shape index (κ1) is 30.1. The Kier molecular flexibility index (Phi) is 7.06. The van der Waals surface area contributed by atoms with Crippen LogP contribution in [0.4, 0.5) is 0 Å². The van der Waals surface area contributed by atoms with Gasteiger partial charge in [-0.2, -0.15) is 0 Å². The maximum Gasteiger partial charge on any atom is 0.113 e. The van der Waals surface area contributed by atoms with Crippen molar-refractivity contribution in [3.8, 4) is 22.3 Å². The summed E-state index contributed by atoms with van der Waals surface area (Å²) in [6, 6.07) is 34.5. The zero-order valence-electron chi connectivity index (χ0n) is 29.1. The summed E-state index contributed by atoms with van der Waals surface area (Å²) in [6.07, 6.45) is 27.4. The standard InChI is InChI=1S/C49H40N2/c1-3-13-45-31(2)38-27-26-35(28-43(38)49-50-44-20-11-12-21-46(44)51(45)49)32-22-24-34(25-23-32)48-40-19-10-8-17-37(40)29-41-42(48)30-36-16-7-9-18-39(36)47(41)33-14-5-4-6-15-33/h3-6,8-15,17-30,38,43-44,46H,7,16H2,1-2H3/b13-3-/t38?,43?,44-,46?/m1/s1. The molecular formula is C49H40N2. The molecule has 0 N–H and O–H groups in total. The molecule has 51 heavy (non-hydrogen) atoms. The van der Waals surface area contributed by atoms with Crippen molar-refractivity contribution in [2.45, 2.75) is 38.8 Å². The Balaban J connectivity index is 1.10. The van der Waals surface area contributed by atoms with E-state index in [0.29, 0.717) is 5.92 Å². The van der Waals surface area contributed by atoms with E-state index in [1.807, 2.05) is 0 Å². The minimum atomic E-state index is 0.165. The number of hydrogen-bond donors (Lipinski definition) is 0. The summed E-state index contributed by atoms with van der Waals surface area (Å²) >= 11 is 0. The third kappa shape index (κ3) is 4.73. The van der Waals surface area contributed by atoms with Crippen molar-refractivity contribution in [1.29, 1.82) is 0 Å². The molecule has 2 aliphatic heterocycles. The van der Waals surface area contributed by atoms with Crippen LogP contribution in [-0.2, 0) is 6.42 Å². The number of aliphatic imine (C=N–C) groups is 1. The molecule has 0 aromatic heterocycles. The predicted octanol–water partition coefficient (Wildman–Crippen LogP) is 11.9. The Morgan fingerprint density at radius 1 is 0.725 bits per heavy atom. The molecule has 2 nitrogen and oxygen atoms in total. The number of rotatable bonds is 4. The van der Waals surface area contributed by atoms with Gasteiger partial charge >= 0.3 is 0 Å². The first-order valence-electron chi connectivity index (χ1n) is 18.5. The molecule has 3 unspecified atom stereocenters. The van der Waals surface area contributed by atoms with Crippen LogP contribution in [0.1, 0.15) is 37.0 Å². The molecule has 10 rings (SSSR count). The number of allylic oxidation sites excluding steroid dienone is 9. The molecule has 246 valence electrons. The molecule has 0 bridgehead atoms. The fourth-order valence-electron chi connectivity index (χ4n) is 9.26. The minimum absolute atomic E-state index is 0.165. The van der Waals surface area contributed by atoms with Gasteiger partial charge in [-0.3, -0.25) is 4.99 Å². The van der Waals surface area contributed by atoms with Crippen molar-refractivity contribution >= 4 is 39.0 Å². The fraction of sp³-hybridized carbons (Fsp3) is 0.163. The summed E-state index contributed by atoms with van der Waals surface area (Å²) in [5, 5.41) is 5.22. The molecule has 0 saturated heterocycles. The van der Waals surface area contributed by atoms with Gasteiger partial charge in [-0.15, -0.1) is 0 Å². The van der Waals surface area contributed by atoms with Crippen molar-refractivity contribution in [1.82, 2.24) is 4.90 Å². The first-order chi connectivity index (χ1) is 25.2. The number of fused-ring (bicyclic) bond motifs is 8. The van der Waals surface area contributed by atoms with E-state index in [0.717, 1.165) is 12.8 Å². The Hall–Kier alpha value is -5.73. The van der Waals surface area contributed by atoms with Gasteiger partial charge in [-0.05, 0) is 117 Å². The SMILES string of the molecule is C/C=C\C1=C(C)C2C=CC(c3ccc(-c4c5ccccc5cc5c(-c6ccccc6)c6c(cc45)CCC=C6)cc3)=CC2C2=N[C@@H]3C=CC=CC3N21. The largest absolute Gasteiger partial charge is 0.320 e. The van der Waals surface area contributed by atoms with E-state index in [-0.39, 0.29) is 18.0 Å². The Morgan fingerprint density at radius 2 is 1.49 bits per heavy atom. The van der Waals surface area contributed by atoms with Gasteiger partial charge in [-0.25, -0.2) is 0 Å². The lowest BCUT2D eigenvalue weighted by Crippen LogP contribution is -2.45. The average molecular weight is 657 g/mol. The first-order valence-corrected chi connectivity index (χ1v) is 18.5. The van der Waals surface area contributed by atoms with Gasteiger partial charge in [0, 0.05) is 17.5 Å². The van der Waals surface area contributed by atoms with E-state index in [1.165, 1.54) is 83.2 Å². The molecular weight excluding hydrogens is 617 g/mol. The Bertz CT molecular complexity index is 2500. The smallest absolute Gasteiger partial charge is 0.113 e. The Morgan fingerprint density at radius 3 is 2.35 bits per heavy atom. The summed E-state index contributed by atoms with van der Waals surface area (Å²) in [7, 11) is 0. The van der Waals surface area contributed by atoms with Gasteiger partial charge in [0.15, 0.2) is 0 Å². The van der Waals surface area contributed by atoms with E-state index in [4.69, 9.17) is 4.99 Å². The highest BCUT2D eigenvalue weighted by Gasteiger charge is 2.45. The topological polar surface area (TPSA) is 15.6 Å². The molecule has 5 aromatic rings. The van der Waals surface area contributed by atoms with Crippen molar-refractivity contribution in [2.24, 2.45) is 16.8 Å². The second-order valence-electron chi connectivity index (χ2n) is 14.5. The molecule has 5 aliphatic rings. The van der Waals surface area contributed by atoms with E-state index in [1.54, 1.807) is 0 Å². The highest BCUT2D eigenvalue weighted by atomic mass is 15.3. The van der Waals surface area contributed by atoms with Crippen LogP contribution in [-0.4, -0.2) is 22.8 Å². The zero-order chi connectivity index (χ0) is 34.1. The molecule has 3 aliphatic carbocycles. The summed E-state index contributed by atoms with van der Waals surface area (Å²) in [6.45, 7) is 4.42. The summed E-state index contributed by atoms with van der Waals surface area (Å²) in [4.78, 5) is 7.84. The highest BCUT2D eigenvalue weighted by Crippen LogP contribution is 2.47. The fourth-order valence-corrected chi connectivity index (χ4v) is 9.26. The summed E-state index contributed by atoms with van der Waals surface area (Å²) < 4.78 is 0. The summed E-state index contributed by atoms with van der Waals surface area (Å²) in [5.74, 6) is 1.71. The van der Waals surface area contributed by atoms with Gasteiger partial charge in [0.05, 0.1) is 12.1 Å². The predicted molar refractivity (Wildman–Crippen MR) is 216 cm³/mol. The Labute approximate surface area is 300 Å². The molecule has 0 spiro atoms. The van der Waals surface area contributed by atoms with E-state index in [9.17, 15) is 0 Å². The number of aryl methyl sites for hydroxylation is 1. The van der Waals surface area contributed by atoms with E-state index < -0.39 is 0 Å². The third-order valence-corrected chi connectivity index (χ3v) is 11.6.